The first-order chi connectivity index (χ1) is 13.1. The Kier molecular flexibility index (Phi) is 4.56. The number of carbonyl (C=O) groups is 3. The number of nitrogens with one attached hydrogen (secondary N) is 2. The highest BCUT2D eigenvalue weighted by Gasteiger charge is 2.71. The van der Waals surface area contributed by atoms with Crippen molar-refractivity contribution in [3.63, 3.8) is 0 Å². The van der Waals surface area contributed by atoms with Crippen LogP contribution in [0.1, 0.15) is 32.8 Å². The summed E-state index contributed by atoms with van der Waals surface area (Å²) in [7, 11) is 0. The maximum atomic E-state index is 13.5. The Labute approximate surface area is 173 Å². The fraction of sp³-hybridized carbons (Fsp3) is 0.550. The van der Waals surface area contributed by atoms with Crippen LogP contribution in [0.25, 0.3) is 0 Å². The molecule has 1 aromatic carbocycles. The van der Waals surface area contributed by atoms with Crippen molar-refractivity contribution >= 4 is 46.8 Å². The van der Waals surface area contributed by atoms with E-state index in [1.165, 1.54) is 4.90 Å². The molecule has 3 amide bonds. The minimum absolute atomic E-state index is 0.193. The van der Waals surface area contributed by atoms with Crippen LogP contribution in [0.4, 0.5) is 5.69 Å². The number of carbonyl (C=O) groups excluding carboxylic acids is 3. The second-order valence-corrected chi connectivity index (χ2v) is 10.1. The number of hydrogen-bond acceptors (Lipinski definition) is 5. The Balaban J connectivity index is 1.89. The summed E-state index contributed by atoms with van der Waals surface area (Å²) < 4.78 is 0. The monoisotopic (exact) mass is 421 g/mol. The van der Waals surface area contributed by atoms with Crippen molar-refractivity contribution < 1.29 is 14.4 Å². The Morgan fingerprint density at radius 3 is 2.57 bits per heavy atom. The fourth-order valence-electron chi connectivity index (χ4n) is 4.93. The average Bonchev–Trinajstić information content (AvgIpc) is 3.18. The van der Waals surface area contributed by atoms with Gasteiger partial charge in [0.2, 0.25) is 17.7 Å². The summed E-state index contributed by atoms with van der Waals surface area (Å²) in [6, 6.07) is 4.93. The topological polar surface area (TPSA) is 78.5 Å². The molecular weight excluding hydrogens is 398 g/mol. The van der Waals surface area contributed by atoms with E-state index in [4.69, 9.17) is 11.6 Å². The van der Waals surface area contributed by atoms with E-state index in [-0.39, 0.29) is 23.8 Å². The molecule has 2 saturated heterocycles. The van der Waals surface area contributed by atoms with Gasteiger partial charge in [-0.15, -0.1) is 0 Å². The minimum Gasteiger partial charge on any atom is -0.324 e. The lowest BCUT2D eigenvalue weighted by atomic mass is 9.76. The Bertz CT molecular complexity index is 884. The van der Waals surface area contributed by atoms with E-state index in [1.54, 1.807) is 30.0 Å². The van der Waals surface area contributed by atoms with Crippen LogP contribution in [0.3, 0.4) is 0 Å². The third-order valence-electron chi connectivity index (χ3n) is 5.98. The fourth-order valence-corrected chi connectivity index (χ4v) is 5.59. The molecular formula is C20H24ClN3O3S. The van der Waals surface area contributed by atoms with Crippen molar-refractivity contribution in [2.45, 2.75) is 44.3 Å². The van der Waals surface area contributed by atoms with Crippen LogP contribution < -0.4 is 10.6 Å². The molecule has 0 unspecified atom stereocenters. The number of anilines is 1. The van der Waals surface area contributed by atoms with Gasteiger partial charge < -0.3 is 5.32 Å². The van der Waals surface area contributed by atoms with E-state index < -0.39 is 22.9 Å². The quantitative estimate of drug-likeness (QED) is 0.733. The predicted molar refractivity (Wildman–Crippen MR) is 110 cm³/mol. The van der Waals surface area contributed by atoms with Crippen LogP contribution in [-0.4, -0.2) is 46.2 Å². The first-order valence-corrected chi connectivity index (χ1v) is 11.2. The molecule has 3 aliphatic heterocycles. The molecule has 3 heterocycles. The number of fused-ring (bicyclic) bond motifs is 4. The number of hydrogen-bond donors (Lipinski definition) is 2. The molecule has 1 aromatic rings. The first-order valence-electron chi connectivity index (χ1n) is 9.39. The maximum Gasteiger partial charge on any atom is 0.250 e. The highest BCUT2D eigenvalue weighted by atomic mass is 35.5. The highest BCUT2D eigenvalue weighted by molar-refractivity contribution is 7.98. The summed E-state index contributed by atoms with van der Waals surface area (Å²) in [6.45, 7) is 5.54. The summed E-state index contributed by atoms with van der Waals surface area (Å²) in [6.07, 6.45) is 2.70. The van der Waals surface area contributed by atoms with Gasteiger partial charge >= 0.3 is 0 Å². The molecule has 0 aromatic heterocycles. The first kappa shape index (κ1) is 19.7. The van der Waals surface area contributed by atoms with Gasteiger partial charge in [0.25, 0.3) is 0 Å². The third kappa shape index (κ3) is 2.56. The maximum absolute atomic E-state index is 13.5. The summed E-state index contributed by atoms with van der Waals surface area (Å²) in [5.74, 6) is -1.27. The number of likely N-dealkylation sites (tertiary alicyclic amines) is 1. The van der Waals surface area contributed by atoms with Gasteiger partial charge in [0.15, 0.2) is 0 Å². The lowest BCUT2D eigenvalue weighted by molar-refractivity contribution is -0.147. The zero-order valence-electron chi connectivity index (χ0n) is 16.3. The van der Waals surface area contributed by atoms with Gasteiger partial charge in [-0.1, -0.05) is 11.6 Å². The number of nitrogens with zero attached hydrogens (tertiary/aromatic N) is 1. The summed E-state index contributed by atoms with van der Waals surface area (Å²) >= 11 is 7.91. The van der Waals surface area contributed by atoms with E-state index in [0.717, 1.165) is 5.75 Å². The molecule has 0 radical (unpaired) electrons. The van der Waals surface area contributed by atoms with Crippen LogP contribution in [0.2, 0.25) is 5.02 Å². The Morgan fingerprint density at radius 1 is 1.21 bits per heavy atom. The van der Waals surface area contributed by atoms with Crippen LogP contribution >= 0.6 is 23.4 Å². The molecule has 8 heteroatoms. The molecule has 0 bridgehead atoms. The smallest absolute Gasteiger partial charge is 0.250 e. The van der Waals surface area contributed by atoms with Crippen molar-refractivity contribution in [1.29, 1.82) is 0 Å². The number of amides is 3. The molecule has 4 rings (SSSR count). The SMILES string of the molecule is CSCC[C@@H]1N[C@]2(C(=O)Nc3ccc(Cl)cc32)[C@H]2C(=O)N(C(C)(C)C)C(=O)[C@@H]12. The Hall–Kier alpha value is -1.57. The lowest BCUT2D eigenvalue weighted by Crippen LogP contribution is -2.55. The number of thioether (sulfide) groups is 1. The largest absolute Gasteiger partial charge is 0.324 e. The summed E-state index contributed by atoms with van der Waals surface area (Å²) in [5, 5.41) is 6.80. The van der Waals surface area contributed by atoms with Crippen molar-refractivity contribution in [3.05, 3.63) is 28.8 Å². The average molecular weight is 422 g/mol. The van der Waals surface area contributed by atoms with Crippen molar-refractivity contribution in [2.24, 2.45) is 11.8 Å². The zero-order valence-corrected chi connectivity index (χ0v) is 17.9. The number of halogens is 1. The van der Waals surface area contributed by atoms with Crippen LogP contribution in [0.5, 0.6) is 0 Å². The molecule has 0 aliphatic carbocycles. The molecule has 3 aliphatic rings. The van der Waals surface area contributed by atoms with Crippen molar-refractivity contribution in [3.8, 4) is 0 Å². The van der Waals surface area contributed by atoms with E-state index >= 15 is 0 Å². The number of imide groups is 1. The van der Waals surface area contributed by atoms with E-state index in [2.05, 4.69) is 10.6 Å². The molecule has 28 heavy (non-hydrogen) atoms. The van der Waals surface area contributed by atoms with Gasteiger partial charge in [-0.05, 0) is 57.4 Å². The molecule has 2 N–H and O–H groups in total. The molecule has 0 saturated carbocycles. The van der Waals surface area contributed by atoms with Crippen LogP contribution in [-0.2, 0) is 19.9 Å². The molecule has 150 valence electrons. The van der Waals surface area contributed by atoms with E-state index in [1.807, 2.05) is 27.0 Å². The second kappa shape index (κ2) is 6.47. The normalized spacial score (nSPS) is 31.5. The highest BCUT2D eigenvalue weighted by Crippen LogP contribution is 2.54. The molecule has 6 nitrogen and oxygen atoms in total. The standard InChI is InChI=1S/C20H24ClN3O3S/c1-19(2,3)24-16(25)14-13(7-8-28-4)23-20(15(14)17(24)26)11-9-10(21)5-6-12(11)22-18(20)27/h5-6,9,13-15,23H,7-8H2,1-4H3,(H,22,27)/t13-,14-,15+,20-/m0/s1. The lowest BCUT2D eigenvalue weighted by Gasteiger charge is -2.34. The molecule has 1 spiro atoms. The van der Waals surface area contributed by atoms with Gasteiger partial charge in [-0.2, -0.15) is 11.8 Å². The van der Waals surface area contributed by atoms with Gasteiger partial charge in [0.05, 0.1) is 11.8 Å². The van der Waals surface area contributed by atoms with Crippen LogP contribution in [0, 0.1) is 11.8 Å². The van der Waals surface area contributed by atoms with Crippen molar-refractivity contribution in [1.82, 2.24) is 10.2 Å². The minimum atomic E-state index is -1.26. The second-order valence-electron chi connectivity index (χ2n) is 8.67. The summed E-state index contributed by atoms with van der Waals surface area (Å²) in [4.78, 5) is 41.4. The summed E-state index contributed by atoms with van der Waals surface area (Å²) in [5.41, 5.74) is -0.610. The molecule has 4 atom stereocenters. The van der Waals surface area contributed by atoms with Gasteiger partial charge in [0.1, 0.15) is 5.54 Å². The predicted octanol–water partition coefficient (Wildman–Crippen LogP) is 2.61. The number of rotatable bonds is 3. The molecule has 2 fully saturated rings. The zero-order chi connectivity index (χ0) is 20.4. The van der Waals surface area contributed by atoms with Crippen molar-refractivity contribution in [2.75, 3.05) is 17.3 Å². The number of benzene rings is 1. The van der Waals surface area contributed by atoms with E-state index in [9.17, 15) is 14.4 Å². The van der Waals surface area contributed by atoms with Gasteiger partial charge in [0, 0.05) is 27.9 Å². The van der Waals surface area contributed by atoms with Crippen LogP contribution in [0.15, 0.2) is 18.2 Å². The third-order valence-corrected chi connectivity index (χ3v) is 6.86. The Morgan fingerprint density at radius 2 is 1.93 bits per heavy atom. The van der Waals surface area contributed by atoms with E-state index in [0.29, 0.717) is 22.7 Å². The van der Waals surface area contributed by atoms with Gasteiger partial charge in [-0.25, -0.2) is 0 Å². The van der Waals surface area contributed by atoms with Gasteiger partial charge in [-0.3, -0.25) is 24.6 Å².